The van der Waals surface area contributed by atoms with E-state index in [0.717, 1.165) is 16.7 Å². The number of benzene rings is 2. The maximum atomic E-state index is 11.2. The van der Waals surface area contributed by atoms with E-state index in [1.54, 1.807) is 19.1 Å². The highest BCUT2D eigenvalue weighted by Crippen LogP contribution is 2.29. The molecule has 0 aliphatic rings. The van der Waals surface area contributed by atoms with Crippen LogP contribution in [0.15, 0.2) is 42.5 Å². The van der Waals surface area contributed by atoms with Crippen LogP contribution in [0.25, 0.3) is 11.1 Å². The number of nitrogen functional groups attached to an aromatic ring is 1. The molecule has 0 atom stereocenters. The van der Waals surface area contributed by atoms with Gasteiger partial charge in [0.1, 0.15) is 0 Å². The number of Topliss-reactive ketones (excluding diaryl/α,β-unsaturated/α-hetero) is 1. The highest BCUT2D eigenvalue weighted by molar-refractivity contribution is 5.94. The lowest BCUT2D eigenvalue weighted by Gasteiger charge is -2.10. The Bertz CT molecular complexity index is 588. The van der Waals surface area contributed by atoms with Gasteiger partial charge in [0.25, 0.3) is 0 Å². The van der Waals surface area contributed by atoms with Crippen LogP contribution in [0, 0.1) is 0 Å². The van der Waals surface area contributed by atoms with Crippen molar-refractivity contribution in [2.75, 3.05) is 12.3 Å². The van der Waals surface area contributed by atoms with Gasteiger partial charge >= 0.3 is 0 Å². The minimum absolute atomic E-state index is 0.0496. The summed E-state index contributed by atoms with van der Waals surface area (Å²) in [5, 5.41) is 9.01. The standard InChI is InChI=1S/C16H17NO2/c1-11(19)12-5-7-13(8-6-12)15-4-2-3-14(9-10-18)16(15)17/h2-8,18H,9-10,17H2,1H3. The van der Waals surface area contributed by atoms with E-state index < -0.39 is 0 Å². The summed E-state index contributed by atoms with van der Waals surface area (Å²) in [6, 6.07) is 13.2. The van der Waals surface area contributed by atoms with E-state index >= 15 is 0 Å². The third-order valence-corrected chi connectivity index (χ3v) is 3.18. The molecule has 2 rings (SSSR count). The summed E-state index contributed by atoms with van der Waals surface area (Å²) in [7, 11) is 0. The van der Waals surface area contributed by atoms with Crippen LogP contribution in [0.1, 0.15) is 22.8 Å². The van der Waals surface area contributed by atoms with E-state index in [4.69, 9.17) is 10.8 Å². The summed E-state index contributed by atoms with van der Waals surface area (Å²) in [4.78, 5) is 11.2. The summed E-state index contributed by atoms with van der Waals surface area (Å²) in [5.41, 5.74) is 10.3. The highest BCUT2D eigenvalue weighted by atomic mass is 16.2. The number of nitrogens with two attached hydrogens (primary N) is 1. The van der Waals surface area contributed by atoms with Crippen molar-refractivity contribution in [2.24, 2.45) is 0 Å². The fraction of sp³-hybridized carbons (Fsp3) is 0.188. The molecule has 0 aliphatic heterocycles. The van der Waals surface area contributed by atoms with Crippen molar-refractivity contribution < 1.29 is 9.90 Å². The summed E-state index contributed by atoms with van der Waals surface area (Å²) in [6.07, 6.45) is 0.547. The summed E-state index contributed by atoms with van der Waals surface area (Å²) < 4.78 is 0. The second kappa shape index (κ2) is 5.67. The van der Waals surface area contributed by atoms with E-state index in [2.05, 4.69) is 0 Å². The van der Waals surface area contributed by atoms with Crippen LogP contribution in [-0.2, 0) is 6.42 Å². The summed E-state index contributed by atoms with van der Waals surface area (Å²) in [6.45, 7) is 1.63. The predicted molar refractivity (Wildman–Crippen MR) is 77.1 cm³/mol. The Morgan fingerprint density at radius 1 is 1.16 bits per heavy atom. The lowest BCUT2D eigenvalue weighted by molar-refractivity contribution is 0.101. The summed E-state index contributed by atoms with van der Waals surface area (Å²) >= 11 is 0. The minimum atomic E-state index is 0.0496. The van der Waals surface area contributed by atoms with Crippen LogP contribution in [0.5, 0.6) is 0 Å². The molecule has 3 N–H and O–H groups in total. The number of aliphatic hydroxyl groups excluding tert-OH is 1. The van der Waals surface area contributed by atoms with E-state index in [1.807, 2.05) is 30.3 Å². The quantitative estimate of drug-likeness (QED) is 0.652. The first-order valence-electron chi connectivity index (χ1n) is 6.23. The predicted octanol–water partition coefficient (Wildman–Crippen LogP) is 2.67. The van der Waals surface area contributed by atoms with Gasteiger partial charge in [-0.1, -0.05) is 42.5 Å². The van der Waals surface area contributed by atoms with Crippen LogP contribution < -0.4 is 5.73 Å². The van der Waals surface area contributed by atoms with Gasteiger partial charge in [-0.2, -0.15) is 0 Å². The SMILES string of the molecule is CC(=O)c1ccc(-c2cccc(CCO)c2N)cc1. The first-order valence-corrected chi connectivity index (χ1v) is 6.23. The molecular weight excluding hydrogens is 238 g/mol. The lowest BCUT2D eigenvalue weighted by Crippen LogP contribution is -2.00. The molecule has 0 unspecified atom stereocenters. The van der Waals surface area contributed by atoms with Gasteiger partial charge in [-0.05, 0) is 24.5 Å². The average molecular weight is 255 g/mol. The number of hydrogen-bond donors (Lipinski definition) is 2. The van der Waals surface area contributed by atoms with Crippen molar-refractivity contribution in [1.82, 2.24) is 0 Å². The van der Waals surface area contributed by atoms with E-state index in [1.165, 1.54) is 0 Å². The zero-order chi connectivity index (χ0) is 13.8. The molecule has 19 heavy (non-hydrogen) atoms. The number of rotatable bonds is 4. The monoisotopic (exact) mass is 255 g/mol. The van der Waals surface area contributed by atoms with Gasteiger partial charge in [-0.25, -0.2) is 0 Å². The number of anilines is 1. The van der Waals surface area contributed by atoms with Crippen LogP contribution in [-0.4, -0.2) is 17.5 Å². The molecule has 0 saturated carbocycles. The fourth-order valence-electron chi connectivity index (χ4n) is 2.09. The molecular formula is C16H17NO2. The van der Waals surface area contributed by atoms with Gasteiger partial charge in [0, 0.05) is 23.4 Å². The normalized spacial score (nSPS) is 10.4. The molecule has 2 aromatic rings. The highest BCUT2D eigenvalue weighted by Gasteiger charge is 2.07. The molecule has 3 nitrogen and oxygen atoms in total. The van der Waals surface area contributed by atoms with E-state index in [0.29, 0.717) is 17.7 Å². The Morgan fingerprint density at radius 2 is 1.84 bits per heavy atom. The van der Waals surface area contributed by atoms with Gasteiger partial charge in [0.2, 0.25) is 0 Å². The van der Waals surface area contributed by atoms with Crippen molar-refractivity contribution in [3.05, 3.63) is 53.6 Å². The number of para-hydroxylation sites is 1. The number of carbonyl (C=O) groups excluding carboxylic acids is 1. The topological polar surface area (TPSA) is 63.3 Å². The lowest BCUT2D eigenvalue weighted by atomic mass is 9.98. The van der Waals surface area contributed by atoms with Crippen LogP contribution in [0.2, 0.25) is 0 Å². The Hall–Kier alpha value is -2.13. The number of aliphatic hydroxyl groups is 1. The van der Waals surface area contributed by atoms with E-state index in [9.17, 15) is 4.79 Å². The molecule has 98 valence electrons. The first-order chi connectivity index (χ1) is 9.13. The van der Waals surface area contributed by atoms with Crippen molar-refractivity contribution in [3.63, 3.8) is 0 Å². The second-order valence-electron chi connectivity index (χ2n) is 4.49. The van der Waals surface area contributed by atoms with Crippen molar-refractivity contribution >= 4 is 11.5 Å². The van der Waals surface area contributed by atoms with Crippen LogP contribution >= 0.6 is 0 Å². The Labute approximate surface area is 112 Å². The van der Waals surface area contributed by atoms with Crippen LogP contribution in [0.3, 0.4) is 0 Å². The molecule has 0 aliphatic carbocycles. The molecule has 0 spiro atoms. The summed E-state index contributed by atoms with van der Waals surface area (Å²) in [5.74, 6) is 0.0496. The molecule has 0 heterocycles. The third-order valence-electron chi connectivity index (χ3n) is 3.18. The molecule has 0 radical (unpaired) electrons. The van der Waals surface area contributed by atoms with Gasteiger partial charge in [-0.15, -0.1) is 0 Å². The molecule has 0 bridgehead atoms. The average Bonchev–Trinajstić information content (AvgIpc) is 2.41. The molecule has 0 amide bonds. The zero-order valence-corrected chi connectivity index (χ0v) is 10.9. The van der Waals surface area contributed by atoms with Gasteiger partial charge in [0.15, 0.2) is 5.78 Å². The molecule has 0 saturated heterocycles. The van der Waals surface area contributed by atoms with Gasteiger partial charge < -0.3 is 10.8 Å². The Morgan fingerprint density at radius 3 is 2.42 bits per heavy atom. The zero-order valence-electron chi connectivity index (χ0n) is 10.9. The number of hydrogen-bond acceptors (Lipinski definition) is 3. The van der Waals surface area contributed by atoms with Crippen molar-refractivity contribution in [1.29, 1.82) is 0 Å². The third kappa shape index (κ3) is 2.83. The Kier molecular flexibility index (Phi) is 3.97. The second-order valence-corrected chi connectivity index (χ2v) is 4.49. The van der Waals surface area contributed by atoms with E-state index in [-0.39, 0.29) is 12.4 Å². The molecule has 0 fully saturated rings. The number of carbonyl (C=O) groups is 1. The van der Waals surface area contributed by atoms with Crippen molar-refractivity contribution in [2.45, 2.75) is 13.3 Å². The minimum Gasteiger partial charge on any atom is -0.398 e. The Balaban J connectivity index is 2.41. The van der Waals surface area contributed by atoms with Gasteiger partial charge in [0.05, 0.1) is 0 Å². The van der Waals surface area contributed by atoms with Gasteiger partial charge in [-0.3, -0.25) is 4.79 Å². The van der Waals surface area contributed by atoms with Crippen LogP contribution in [0.4, 0.5) is 5.69 Å². The maximum absolute atomic E-state index is 11.2. The van der Waals surface area contributed by atoms with Crippen molar-refractivity contribution in [3.8, 4) is 11.1 Å². The molecule has 0 aromatic heterocycles. The first kappa shape index (κ1) is 13.3. The largest absolute Gasteiger partial charge is 0.398 e. The molecule has 2 aromatic carbocycles. The molecule has 3 heteroatoms. The smallest absolute Gasteiger partial charge is 0.159 e. The fourth-order valence-corrected chi connectivity index (χ4v) is 2.09. The maximum Gasteiger partial charge on any atom is 0.159 e. The number of ketones is 1.